The zero-order valence-electron chi connectivity index (χ0n) is 9.88. The molecule has 1 saturated carbocycles. The molecule has 2 aromatic rings. The molecule has 0 N–H and O–H groups in total. The van der Waals surface area contributed by atoms with E-state index in [1.165, 1.54) is 37.9 Å². The van der Waals surface area contributed by atoms with E-state index in [4.69, 9.17) is 0 Å². The van der Waals surface area contributed by atoms with E-state index in [0.29, 0.717) is 0 Å². The molecular formula is C13H17N3S. The van der Waals surface area contributed by atoms with E-state index < -0.39 is 0 Å². The van der Waals surface area contributed by atoms with E-state index >= 15 is 0 Å². The van der Waals surface area contributed by atoms with Gasteiger partial charge in [0.2, 0.25) is 0 Å². The van der Waals surface area contributed by atoms with Gasteiger partial charge in [-0.25, -0.2) is 0 Å². The highest BCUT2D eigenvalue weighted by molar-refractivity contribution is 7.99. The third-order valence-electron chi connectivity index (χ3n) is 3.46. The smallest absolute Gasteiger partial charge is 0.195 e. The van der Waals surface area contributed by atoms with E-state index in [1.807, 2.05) is 36.2 Å². The average molecular weight is 247 g/mol. The minimum atomic E-state index is 0.879. The SMILES string of the molecule is c1ccn2c(SCC3CCCCC3)nnc2c1. The summed E-state index contributed by atoms with van der Waals surface area (Å²) in [5.74, 6) is 2.07. The van der Waals surface area contributed by atoms with Crippen LogP contribution < -0.4 is 0 Å². The van der Waals surface area contributed by atoms with E-state index in [0.717, 1.165) is 16.7 Å². The van der Waals surface area contributed by atoms with Gasteiger partial charge in [0.15, 0.2) is 10.8 Å². The first kappa shape index (κ1) is 11.1. The van der Waals surface area contributed by atoms with Crippen molar-refractivity contribution in [2.45, 2.75) is 37.3 Å². The Kier molecular flexibility index (Phi) is 3.31. The summed E-state index contributed by atoms with van der Waals surface area (Å²) in [6, 6.07) is 6.03. The molecular weight excluding hydrogens is 230 g/mol. The van der Waals surface area contributed by atoms with Crippen molar-refractivity contribution in [2.75, 3.05) is 5.75 Å². The molecule has 0 atom stereocenters. The average Bonchev–Trinajstić information content (AvgIpc) is 2.81. The van der Waals surface area contributed by atoms with Crippen molar-refractivity contribution < 1.29 is 0 Å². The first-order valence-corrected chi connectivity index (χ1v) is 7.34. The molecule has 4 heteroatoms. The Balaban J connectivity index is 1.68. The van der Waals surface area contributed by atoms with Gasteiger partial charge in [-0.2, -0.15) is 0 Å². The molecule has 1 fully saturated rings. The highest BCUT2D eigenvalue weighted by Crippen LogP contribution is 2.29. The van der Waals surface area contributed by atoms with E-state index in [-0.39, 0.29) is 0 Å². The van der Waals surface area contributed by atoms with Gasteiger partial charge >= 0.3 is 0 Å². The summed E-state index contributed by atoms with van der Waals surface area (Å²) in [5, 5.41) is 9.46. The van der Waals surface area contributed by atoms with Crippen LogP contribution in [0.15, 0.2) is 29.6 Å². The fraction of sp³-hybridized carbons (Fsp3) is 0.538. The lowest BCUT2D eigenvalue weighted by atomic mass is 9.91. The van der Waals surface area contributed by atoms with Crippen LogP contribution in [-0.4, -0.2) is 20.4 Å². The van der Waals surface area contributed by atoms with Gasteiger partial charge in [-0.15, -0.1) is 10.2 Å². The Morgan fingerprint density at radius 1 is 1.18 bits per heavy atom. The van der Waals surface area contributed by atoms with Gasteiger partial charge in [0.25, 0.3) is 0 Å². The predicted octanol–water partition coefficient (Wildman–Crippen LogP) is 3.40. The molecule has 3 rings (SSSR count). The largest absolute Gasteiger partial charge is 0.277 e. The summed E-state index contributed by atoms with van der Waals surface area (Å²) >= 11 is 1.85. The zero-order valence-corrected chi connectivity index (χ0v) is 10.7. The number of rotatable bonds is 3. The summed E-state index contributed by atoms with van der Waals surface area (Å²) in [6.07, 6.45) is 9.07. The first-order valence-electron chi connectivity index (χ1n) is 6.36. The van der Waals surface area contributed by atoms with Gasteiger partial charge < -0.3 is 0 Å². The maximum absolute atomic E-state index is 4.26. The van der Waals surface area contributed by atoms with Crippen molar-refractivity contribution in [3.05, 3.63) is 24.4 Å². The van der Waals surface area contributed by atoms with Crippen LogP contribution >= 0.6 is 11.8 Å². The lowest BCUT2D eigenvalue weighted by Gasteiger charge is -2.20. The number of fused-ring (bicyclic) bond motifs is 1. The normalized spacial score (nSPS) is 17.6. The van der Waals surface area contributed by atoms with Crippen LogP contribution in [0.25, 0.3) is 5.65 Å². The predicted molar refractivity (Wildman–Crippen MR) is 70.3 cm³/mol. The maximum atomic E-state index is 4.26. The van der Waals surface area contributed by atoms with Gasteiger partial charge in [-0.1, -0.05) is 37.1 Å². The monoisotopic (exact) mass is 247 g/mol. The molecule has 0 aromatic carbocycles. The number of hydrogen-bond acceptors (Lipinski definition) is 3. The van der Waals surface area contributed by atoms with E-state index in [1.54, 1.807) is 0 Å². The van der Waals surface area contributed by atoms with Gasteiger partial charge in [0, 0.05) is 11.9 Å². The van der Waals surface area contributed by atoms with Crippen LogP contribution in [-0.2, 0) is 0 Å². The standard InChI is InChI=1S/C13H17N3S/c1-2-6-11(7-3-1)10-17-13-15-14-12-8-4-5-9-16(12)13/h4-5,8-9,11H,1-3,6-7,10H2. The van der Waals surface area contributed by atoms with Crippen LogP contribution in [0.1, 0.15) is 32.1 Å². The number of pyridine rings is 1. The van der Waals surface area contributed by atoms with Crippen molar-refractivity contribution in [3.8, 4) is 0 Å². The second-order valence-corrected chi connectivity index (χ2v) is 5.71. The van der Waals surface area contributed by atoms with Crippen molar-refractivity contribution in [1.82, 2.24) is 14.6 Å². The van der Waals surface area contributed by atoms with E-state index in [2.05, 4.69) is 14.6 Å². The Hall–Kier alpha value is -1.03. The second-order valence-electron chi connectivity index (χ2n) is 4.73. The lowest BCUT2D eigenvalue weighted by Crippen LogP contribution is -2.08. The molecule has 0 radical (unpaired) electrons. The van der Waals surface area contributed by atoms with Crippen LogP contribution in [0.4, 0.5) is 0 Å². The molecule has 0 amide bonds. The maximum Gasteiger partial charge on any atom is 0.195 e. The molecule has 90 valence electrons. The molecule has 2 heterocycles. The summed E-state index contributed by atoms with van der Waals surface area (Å²) < 4.78 is 2.08. The minimum absolute atomic E-state index is 0.879. The van der Waals surface area contributed by atoms with Gasteiger partial charge in [-0.05, 0) is 30.9 Å². The Morgan fingerprint density at radius 3 is 2.94 bits per heavy atom. The molecule has 0 unspecified atom stereocenters. The quantitative estimate of drug-likeness (QED) is 0.779. The molecule has 1 aliphatic rings. The first-order chi connectivity index (χ1) is 8.43. The molecule has 1 aliphatic carbocycles. The van der Waals surface area contributed by atoms with Crippen molar-refractivity contribution in [1.29, 1.82) is 0 Å². The fourth-order valence-electron chi connectivity index (χ4n) is 2.46. The van der Waals surface area contributed by atoms with E-state index in [9.17, 15) is 0 Å². The Bertz CT molecular complexity index is 488. The van der Waals surface area contributed by atoms with Gasteiger partial charge in [0.1, 0.15) is 0 Å². The zero-order chi connectivity index (χ0) is 11.5. The number of aromatic nitrogens is 3. The van der Waals surface area contributed by atoms with Crippen molar-refractivity contribution in [2.24, 2.45) is 5.92 Å². The molecule has 0 aliphatic heterocycles. The Labute approximate surface area is 106 Å². The highest BCUT2D eigenvalue weighted by Gasteiger charge is 2.15. The second kappa shape index (κ2) is 5.08. The Morgan fingerprint density at radius 2 is 2.06 bits per heavy atom. The van der Waals surface area contributed by atoms with Crippen LogP contribution in [0.2, 0.25) is 0 Å². The van der Waals surface area contributed by atoms with Crippen LogP contribution in [0.3, 0.4) is 0 Å². The summed E-state index contributed by atoms with van der Waals surface area (Å²) in [4.78, 5) is 0. The highest BCUT2D eigenvalue weighted by atomic mass is 32.2. The number of hydrogen-bond donors (Lipinski definition) is 0. The fourth-order valence-corrected chi connectivity index (χ4v) is 3.57. The third kappa shape index (κ3) is 2.46. The number of nitrogens with zero attached hydrogens (tertiary/aromatic N) is 3. The molecule has 2 aromatic heterocycles. The lowest BCUT2D eigenvalue weighted by molar-refractivity contribution is 0.390. The van der Waals surface area contributed by atoms with Crippen LogP contribution in [0.5, 0.6) is 0 Å². The van der Waals surface area contributed by atoms with Crippen LogP contribution in [0, 0.1) is 5.92 Å². The molecule has 3 nitrogen and oxygen atoms in total. The van der Waals surface area contributed by atoms with Gasteiger partial charge in [0.05, 0.1) is 0 Å². The van der Waals surface area contributed by atoms with Gasteiger partial charge in [-0.3, -0.25) is 4.40 Å². The summed E-state index contributed by atoms with van der Waals surface area (Å²) in [7, 11) is 0. The molecule has 0 saturated heterocycles. The topological polar surface area (TPSA) is 30.2 Å². The molecule has 17 heavy (non-hydrogen) atoms. The summed E-state index contributed by atoms with van der Waals surface area (Å²) in [5.41, 5.74) is 0.943. The summed E-state index contributed by atoms with van der Waals surface area (Å²) in [6.45, 7) is 0. The number of thioether (sulfide) groups is 1. The molecule has 0 bridgehead atoms. The minimum Gasteiger partial charge on any atom is -0.277 e. The third-order valence-corrected chi connectivity index (χ3v) is 4.63. The van der Waals surface area contributed by atoms with Crippen molar-refractivity contribution in [3.63, 3.8) is 0 Å². The molecule has 0 spiro atoms. The van der Waals surface area contributed by atoms with Crippen molar-refractivity contribution >= 4 is 17.4 Å².